The van der Waals surface area contributed by atoms with Crippen molar-refractivity contribution in [1.29, 1.82) is 0 Å². The molecule has 9 heteroatoms. The predicted octanol–water partition coefficient (Wildman–Crippen LogP) is 2.57. The van der Waals surface area contributed by atoms with E-state index >= 15 is 0 Å². The first-order valence-corrected chi connectivity index (χ1v) is 13.4. The highest BCUT2D eigenvalue weighted by Gasteiger charge is 2.30. The van der Waals surface area contributed by atoms with Gasteiger partial charge in [-0.15, -0.1) is 11.8 Å². The highest BCUT2D eigenvalue weighted by atomic mass is 32.2. The molecule has 5 rings (SSSR count). The second-order valence-corrected chi connectivity index (χ2v) is 11.1. The maximum Gasteiger partial charge on any atom is 0.243 e. The minimum Gasteiger partial charge on any atom is -0.486 e. The molecule has 2 aromatic carbocycles. The van der Waals surface area contributed by atoms with Gasteiger partial charge in [0.2, 0.25) is 15.9 Å². The van der Waals surface area contributed by atoms with Gasteiger partial charge in [0, 0.05) is 31.1 Å². The molecule has 2 aromatic rings. The van der Waals surface area contributed by atoms with Crippen LogP contribution >= 0.6 is 11.8 Å². The van der Waals surface area contributed by atoms with Crippen molar-refractivity contribution >= 4 is 27.7 Å². The number of aryl methyl sites for hydroxylation is 2. The van der Waals surface area contributed by atoms with E-state index in [1.807, 2.05) is 30.3 Å². The highest BCUT2D eigenvalue weighted by Crippen LogP contribution is 2.34. The van der Waals surface area contributed by atoms with Crippen molar-refractivity contribution in [3.05, 3.63) is 47.5 Å². The van der Waals surface area contributed by atoms with Crippen molar-refractivity contribution in [2.75, 3.05) is 45.1 Å². The quantitative estimate of drug-likeness (QED) is 0.620. The van der Waals surface area contributed by atoms with Crippen LogP contribution in [0.3, 0.4) is 0 Å². The van der Waals surface area contributed by atoms with E-state index in [1.165, 1.54) is 21.6 Å². The number of thioether (sulfide) groups is 1. The number of piperazine rings is 1. The lowest BCUT2D eigenvalue weighted by atomic mass is 10.1. The lowest BCUT2D eigenvalue weighted by Crippen LogP contribution is -2.50. The van der Waals surface area contributed by atoms with Crippen molar-refractivity contribution in [2.24, 2.45) is 0 Å². The van der Waals surface area contributed by atoms with Crippen LogP contribution in [0.2, 0.25) is 0 Å². The average Bonchev–Trinajstić information content (AvgIpc) is 3.30. The molecule has 0 radical (unpaired) electrons. The van der Waals surface area contributed by atoms with Crippen LogP contribution in [-0.4, -0.2) is 68.7 Å². The summed E-state index contributed by atoms with van der Waals surface area (Å²) in [6, 6.07) is 11.2. The number of amides is 1. The molecule has 2 aliphatic heterocycles. The third-order valence-corrected chi connectivity index (χ3v) is 9.05. The van der Waals surface area contributed by atoms with E-state index in [4.69, 9.17) is 9.47 Å². The van der Waals surface area contributed by atoms with Gasteiger partial charge >= 0.3 is 0 Å². The van der Waals surface area contributed by atoms with Gasteiger partial charge in [0.25, 0.3) is 0 Å². The minimum absolute atomic E-state index is 0.0134. The van der Waals surface area contributed by atoms with Crippen LogP contribution in [0.25, 0.3) is 0 Å². The first-order valence-electron chi connectivity index (χ1n) is 10.9. The molecule has 1 aliphatic carbocycles. The van der Waals surface area contributed by atoms with Crippen molar-refractivity contribution in [1.82, 2.24) is 9.21 Å². The fourth-order valence-electron chi connectivity index (χ4n) is 4.39. The molecule has 1 amide bonds. The third-order valence-electron chi connectivity index (χ3n) is 6.18. The van der Waals surface area contributed by atoms with E-state index in [1.54, 1.807) is 11.0 Å². The smallest absolute Gasteiger partial charge is 0.243 e. The molecule has 0 N–H and O–H groups in total. The number of sulfonamides is 1. The molecule has 2 heterocycles. The van der Waals surface area contributed by atoms with E-state index in [9.17, 15) is 13.2 Å². The van der Waals surface area contributed by atoms with E-state index in [2.05, 4.69) is 0 Å². The second kappa shape index (κ2) is 8.96. The van der Waals surface area contributed by atoms with Gasteiger partial charge in [0.15, 0.2) is 11.5 Å². The molecule has 0 spiro atoms. The summed E-state index contributed by atoms with van der Waals surface area (Å²) in [7, 11) is -3.53. The summed E-state index contributed by atoms with van der Waals surface area (Å²) in [5, 5.41) is 0. The van der Waals surface area contributed by atoms with E-state index in [0.29, 0.717) is 55.8 Å². The number of hydrogen-bond acceptors (Lipinski definition) is 6. The van der Waals surface area contributed by atoms with Gasteiger partial charge in [-0.1, -0.05) is 6.07 Å². The summed E-state index contributed by atoms with van der Waals surface area (Å²) in [5.41, 5.74) is 2.41. The maximum atomic E-state index is 13.1. The fraction of sp³-hybridized carbons (Fsp3) is 0.435. The monoisotopic (exact) mass is 474 g/mol. The Morgan fingerprint density at radius 3 is 2.47 bits per heavy atom. The molecule has 1 fully saturated rings. The normalized spacial score (nSPS) is 18.4. The Bertz CT molecular complexity index is 1130. The van der Waals surface area contributed by atoms with Gasteiger partial charge < -0.3 is 14.4 Å². The SMILES string of the molecule is O=C(CSc1ccc2c(c1)OCCO2)N1CCN(S(=O)(=O)c2ccc3c(c2)CCC3)CC1. The number of carbonyl (C=O) groups excluding carboxylic acids is 1. The maximum absolute atomic E-state index is 13.1. The first kappa shape index (κ1) is 21.6. The third kappa shape index (κ3) is 4.33. The van der Waals surface area contributed by atoms with Gasteiger partial charge in [-0.3, -0.25) is 4.79 Å². The number of benzene rings is 2. The van der Waals surface area contributed by atoms with Crippen LogP contribution in [-0.2, 0) is 27.7 Å². The molecule has 32 heavy (non-hydrogen) atoms. The van der Waals surface area contributed by atoms with Crippen molar-refractivity contribution in [2.45, 2.75) is 29.1 Å². The lowest BCUT2D eigenvalue weighted by Gasteiger charge is -2.34. The van der Waals surface area contributed by atoms with Gasteiger partial charge in [0.1, 0.15) is 13.2 Å². The molecule has 1 saturated heterocycles. The van der Waals surface area contributed by atoms with Crippen molar-refractivity contribution in [3.63, 3.8) is 0 Å². The summed E-state index contributed by atoms with van der Waals surface area (Å²) >= 11 is 1.45. The summed E-state index contributed by atoms with van der Waals surface area (Å²) in [6.07, 6.45) is 3.06. The zero-order chi connectivity index (χ0) is 22.1. The van der Waals surface area contributed by atoms with E-state index in [-0.39, 0.29) is 5.91 Å². The van der Waals surface area contributed by atoms with Crippen LogP contribution in [0.4, 0.5) is 0 Å². The van der Waals surface area contributed by atoms with Crippen LogP contribution in [0.5, 0.6) is 11.5 Å². The summed E-state index contributed by atoms with van der Waals surface area (Å²) in [4.78, 5) is 15.8. The van der Waals surface area contributed by atoms with Crippen LogP contribution < -0.4 is 9.47 Å². The van der Waals surface area contributed by atoms with Crippen LogP contribution in [0.15, 0.2) is 46.2 Å². The molecule has 3 aliphatic rings. The average molecular weight is 475 g/mol. The molecule has 0 saturated carbocycles. The minimum atomic E-state index is -3.53. The highest BCUT2D eigenvalue weighted by molar-refractivity contribution is 8.00. The number of carbonyl (C=O) groups is 1. The molecule has 0 aromatic heterocycles. The molecule has 0 atom stereocenters. The molecule has 170 valence electrons. The molecule has 0 unspecified atom stereocenters. The molecular weight excluding hydrogens is 448 g/mol. The van der Waals surface area contributed by atoms with E-state index < -0.39 is 10.0 Å². The van der Waals surface area contributed by atoms with E-state index in [0.717, 1.165) is 35.5 Å². The number of rotatable bonds is 5. The Kier molecular flexibility index (Phi) is 6.05. The Morgan fingerprint density at radius 1 is 0.906 bits per heavy atom. The molecular formula is C23H26N2O5S2. The van der Waals surface area contributed by atoms with Gasteiger partial charge in [0.05, 0.1) is 10.6 Å². The van der Waals surface area contributed by atoms with Gasteiger partial charge in [-0.25, -0.2) is 8.42 Å². The lowest BCUT2D eigenvalue weighted by molar-refractivity contribution is -0.129. The Morgan fingerprint density at radius 2 is 1.66 bits per heavy atom. The standard InChI is InChI=1S/C23H26N2O5S2/c26-23(16-31-19-5-7-21-22(15-19)30-13-12-29-21)24-8-10-25(11-9-24)32(27,28)20-6-4-17-2-1-3-18(17)14-20/h4-7,14-15H,1-3,8-13,16H2. The van der Waals surface area contributed by atoms with Crippen molar-refractivity contribution < 1.29 is 22.7 Å². The topological polar surface area (TPSA) is 76.2 Å². The Balaban J connectivity index is 1.16. The number of fused-ring (bicyclic) bond motifs is 2. The fourth-order valence-corrected chi connectivity index (χ4v) is 6.69. The Labute approximate surface area is 192 Å². The Hall–Kier alpha value is -2.23. The van der Waals surface area contributed by atoms with Crippen LogP contribution in [0.1, 0.15) is 17.5 Å². The zero-order valence-corrected chi connectivity index (χ0v) is 19.4. The second-order valence-electron chi connectivity index (χ2n) is 8.16. The molecule has 0 bridgehead atoms. The number of nitrogens with zero attached hydrogens (tertiary/aromatic N) is 2. The largest absolute Gasteiger partial charge is 0.486 e. The van der Waals surface area contributed by atoms with Gasteiger partial charge in [-0.05, 0) is 60.7 Å². The summed E-state index contributed by atoms with van der Waals surface area (Å²) < 4.78 is 38.8. The molecule has 7 nitrogen and oxygen atoms in total. The summed E-state index contributed by atoms with van der Waals surface area (Å²) in [5.74, 6) is 1.75. The predicted molar refractivity (Wildman–Crippen MR) is 122 cm³/mol. The van der Waals surface area contributed by atoms with Crippen LogP contribution in [0, 0.1) is 0 Å². The number of hydrogen-bond donors (Lipinski definition) is 0. The zero-order valence-electron chi connectivity index (χ0n) is 17.8. The first-order chi connectivity index (χ1) is 15.5. The van der Waals surface area contributed by atoms with Gasteiger partial charge in [-0.2, -0.15) is 4.31 Å². The number of ether oxygens (including phenoxy) is 2. The van der Waals surface area contributed by atoms with Crippen molar-refractivity contribution in [3.8, 4) is 11.5 Å². The summed E-state index contributed by atoms with van der Waals surface area (Å²) in [6.45, 7) is 2.53.